The van der Waals surface area contributed by atoms with Gasteiger partial charge in [-0.3, -0.25) is 8.42 Å². The molecule has 2 aliphatic rings. The predicted octanol–water partition coefficient (Wildman–Crippen LogP) is 5.69. The van der Waals surface area contributed by atoms with Crippen LogP contribution in [0.2, 0.25) is 0 Å². The Hall–Kier alpha value is -2.90. The molecular weight excluding hydrogens is 512 g/mol. The molecule has 0 saturated heterocycles. The van der Waals surface area contributed by atoms with Crippen LogP contribution in [0.4, 0.5) is 0 Å². The van der Waals surface area contributed by atoms with E-state index in [2.05, 4.69) is 0 Å². The first-order chi connectivity index (χ1) is 18.4. The van der Waals surface area contributed by atoms with Crippen LogP contribution >= 0.6 is 0 Å². The lowest BCUT2D eigenvalue weighted by molar-refractivity contribution is -0.0323. The molecule has 4 aromatic rings. The minimum Gasteiger partial charge on any atom is -0.384 e. The van der Waals surface area contributed by atoms with Crippen molar-refractivity contribution in [2.24, 2.45) is 0 Å². The highest BCUT2D eigenvalue weighted by atomic mass is 32.2. The first-order valence-electron chi connectivity index (χ1n) is 12.9. The molecule has 0 unspecified atom stereocenters. The van der Waals surface area contributed by atoms with Crippen LogP contribution in [-0.2, 0) is 32.8 Å². The third-order valence-corrected chi connectivity index (χ3v) is 11.4. The van der Waals surface area contributed by atoms with E-state index in [4.69, 9.17) is 0 Å². The maximum atomic E-state index is 12.6. The van der Waals surface area contributed by atoms with Crippen molar-refractivity contribution >= 4 is 21.6 Å². The minimum absolute atomic E-state index is 0.211. The largest absolute Gasteiger partial charge is 0.384 e. The third kappa shape index (κ3) is 5.19. The van der Waals surface area contributed by atoms with Crippen molar-refractivity contribution in [3.8, 4) is 0 Å². The zero-order chi connectivity index (χ0) is 26.6. The second-order valence-electron chi connectivity index (χ2n) is 9.86. The number of rotatable bonds is 6. The summed E-state index contributed by atoms with van der Waals surface area (Å²) in [7, 11) is -2.32. The van der Waals surface area contributed by atoms with E-state index in [0.29, 0.717) is 12.8 Å². The quantitative estimate of drug-likeness (QED) is 0.327. The van der Waals surface area contributed by atoms with E-state index in [-0.39, 0.29) is 10.5 Å². The van der Waals surface area contributed by atoms with Crippen molar-refractivity contribution in [2.45, 2.75) is 57.2 Å². The number of hydrogen-bond acceptors (Lipinski definition) is 4. The number of benzene rings is 4. The molecule has 2 N–H and O–H groups in total. The molecule has 6 rings (SSSR count). The van der Waals surface area contributed by atoms with Crippen molar-refractivity contribution in [1.82, 2.24) is 0 Å². The predicted molar refractivity (Wildman–Crippen MR) is 152 cm³/mol. The fourth-order valence-electron chi connectivity index (χ4n) is 5.19. The summed E-state index contributed by atoms with van der Waals surface area (Å²) in [6.07, 6.45) is 2.96. The van der Waals surface area contributed by atoms with Gasteiger partial charge in [0.1, 0.15) is 11.2 Å². The van der Waals surface area contributed by atoms with Crippen molar-refractivity contribution < 1.29 is 18.6 Å². The van der Waals surface area contributed by atoms with Crippen molar-refractivity contribution in [3.63, 3.8) is 0 Å². The molecule has 196 valence electrons. The summed E-state index contributed by atoms with van der Waals surface area (Å²) in [6.45, 7) is 0. The molecule has 0 radical (unpaired) electrons. The molecule has 2 aliphatic carbocycles. The summed E-state index contributed by atoms with van der Waals surface area (Å²) < 4.78 is 25.1. The van der Waals surface area contributed by atoms with Gasteiger partial charge in [-0.25, -0.2) is 0 Å². The molecule has 0 aliphatic heterocycles. The molecule has 0 spiro atoms. The fraction of sp³-hybridized carbons (Fsp3) is 0.250. The number of aliphatic hydroxyl groups is 2. The van der Waals surface area contributed by atoms with Gasteiger partial charge in [0, 0.05) is 9.79 Å². The van der Waals surface area contributed by atoms with Gasteiger partial charge in [0.2, 0.25) is 0 Å². The van der Waals surface area contributed by atoms with Crippen LogP contribution in [0.5, 0.6) is 0 Å². The zero-order valence-corrected chi connectivity index (χ0v) is 22.7. The molecule has 0 bridgehead atoms. The maximum absolute atomic E-state index is 12.6. The van der Waals surface area contributed by atoms with Gasteiger partial charge in [-0.05, 0) is 61.1 Å². The molecule has 38 heavy (non-hydrogen) atoms. The van der Waals surface area contributed by atoms with Gasteiger partial charge in [0.15, 0.2) is 0 Å². The van der Waals surface area contributed by atoms with E-state index in [0.717, 1.165) is 33.8 Å². The number of hydrogen-bond donors (Lipinski definition) is 2. The second-order valence-corrected chi connectivity index (χ2v) is 13.1. The van der Waals surface area contributed by atoms with E-state index in [1.807, 2.05) is 121 Å². The minimum atomic E-state index is -1.16. The highest BCUT2D eigenvalue weighted by molar-refractivity contribution is 7.86. The molecule has 2 saturated carbocycles. The lowest BCUT2D eigenvalue weighted by Crippen LogP contribution is -2.51. The molecule has 2 fully saturated rings. The Kier molecular flexibility index (Phi) is 8.05. The first kappa shape index (κ1) is 26.7. The molecule has 4 aromatic carbocycles. The van der Waals surface area contributed by atoms with Crippen LogP contribution < -0.4 is 0 Å². The van der Waals surface area contributed by atoms with E-state index in [9.17, 15) is 18.6 Å². The van der Waals surface area contributed by atoms with Gasteiger partial charge in [-0.1, -0.05) is 97.1 Å². The third-order valence-electron chi connectivity index (χ3n) is 7.66. The maximum Gasteiger partial charge on any atom is 0.104 e. The van der Waals surface area contributed by atoms with Crippen LogP contribution in [-0.4, -0.2) is 29.1 Å². The summed E-state index contributed by atoms with van der Waals surface area (Å²) >= 11 is 0. The van der Waals surface area contributed by atoms with Gasteiger partial charge >= 0.3 is 0 Å². The molecule has 4 nitrogen and oxygen atoms in total. The Morgan fingerprint density at radius 3 is 1.05 bits per heavy atom. The molecule has 0 aromatic heterocycles. The van der Waals surface area contributed by atoms with Crippen LogP contribution in [0.1, 0.15) is 36.8 Å². The average Bonchev–Trinajstić information content (AvgIpc) is 2.97. The van der Waals surface area contributed by atoms with Crippen LogP contribution in [0.15, 0.2) is 131 Å². The van der Waals surface area contributed by atoms with Crippen LogP contribution in [0.25, 0.3) is 0 Å². The summed E-state index contributed by atoms with van der Waals surface area (Å²) in [6, 6.07) is 37.9. The lowest BCUT2D eigenvalue weighted by atomic mass is 9.74. The average molecular weight is 545 g/mol. The van der Waals surface area contributed by atoms with Gasteiger partial charge < -0.3 is 10.2 Å². The van der Waals surface area contributed by atoms with Gasteiger partial charge in [-0.2, -0.15) is 0 Å². The summed E-state index contributed by atoms with van der Waals surface area (Å²) in [5.74, 6) is 0. The zero-order valence-electron chi connectivity index (χ0n) is 21.1. The van der Waals surface area contributed by atoms with E-state index in [1.54, 1.807) is 0 Å². The Bertz CT molecular complexity index is 1270. The summed E-state index contributed by atoms with van der Waals surface area (Å²) in [4.78, 5) is 1.59. The SMILES string of the molecule is O=[S@@](c1ccccc1)[C@@H]1CC[C@@]1(O)c1ccccc1.O=[S@@](c1ccccc1)[C@@H]1CC[C@@]1(O)c1ccccc1. The van der Waals surface area contributed by atoms with Crippen molar-refractivity contribution in [2.75, 3.05) is 0 Å². The van der Waals surface area contributed by atoms with E-state index < -0.39 is 32.8 Å². The van der Waals surface area contributed by atoms with Crippen molar-refractivity contribution in [3.05, 3.63) is 132 Å². The highest BCUT2D eigenvalue weighted by Crippen LogP contribution is 2.46. The Balaban J connectivity index is 0.000000155. The van der Waals surface area contributed by atoms with E-state index >= 15 is 0 Å². The monoisotopic (exact) mass is 544 g/mol. The summed E-state index contributed by atoms with van der Waals surface area (Å²) in [5, 5.41) is 21.1. The molecular formula is C32H32O4S2. The van der Waals surface area contributed by atoms with E-state index in [1.165, 1.54) is 0 Å². The standard InChI is InChI=1S/2C16H16O2S/c2*17-16(13-7-3-1-4-8-13)12-11-15(16)19(18)14-9-5-2-6-10-14/h2*1-10,15,17H,11-12H2/t2*15-,16-,19+/m11/s1. The van der Waals surface area contributed by atoms with Gasteiger partial charge in [-0.15, -0.1) is 0 Å². The van der Waals surface area contributed by atoms with Gasteiger partial charge in [0.25, 0.3) is 0 Å². The fourth-order valence-corrected chi connectivity index (χ4v) is 8.58. The van der Waals surface area contributed by atoms with Crippen molar-refractivity contribution in [1.29, 1.82) is 0 Å². The van der Waals surface area contributed by atoms with Crippen LogP contribution in [0.3, 0.4) is 0 Å². The Labute approximate surface area is 229 Å². The molecule has 6 heteroatoms. The Morgan fingerprint density at radius 1 is 0.500 bits per heavy atom. The molecule has 0 heterocycles. The molecule has 0 amide bonds. The van der Waals surface area contributed by atoms with Crippen LogP contribution in [0, 0.1) is 0 Å². The lowest BCUT2D eigenvalue weighted by Gasteiger charge is -2.45. The smallest absolute Gasteiger partial charge is 0.104 e. The first-order valence-corrected chi connectivity index (χ1v) is 15.3. The highest BCUT2D eigenvalue weighted by Gasteiger charge is 2.51. The topological polar surface area (TPSA) is 74.6 Å². The summed E-state index contributed by atoms with van der Waals surface area (Å²) in [5.41, 5.74) is -0.143. The van der Waals surface area contributed by atoms with Gasteiger partial charge in [0.05, 0.1) is 32.1 Å². The second kappa shape index (κ2) is 11.5. The molecule has 6 atom stereocenters. The normalized spacial score (nSPS) is 27.5. The Morgan fingerprint density at radius 2 is 0.789 bits per heavy atom.